The zero-order valence-corrected chi connectivity index (χ0v) is 13.3. The summed E-state index contributed by atoms with van der Waals surface area (Å²) in [7, 11) is 0. The SMILES string of the molecule is CCc1cccc(NC(=O)NC(=O)c2ccc3c(c2)OCCO3)c1. The molecule has 6 nitrogen and oxygen atoms in total. The molecule has 0 saturated carbocycles. The second kappa shape index (κ2) is 7.04. The molecule has 3 rings (SSSR count). The number of fused-ring (bicyclic) bond motifs is 1. The molecule has 24 heavy (non-hydrogen) atoms. The minimum atomic E-state index is -0.580. The first-order valence-corrected chi connectivity index (χ1v) is 7.76. The molecule has 0 aliphatic carbocycles. The molecule has 0 aromatic heterocycles. The number of nitrogens with one attached hydrogen (secondary N) is 2. The molecule has 2 aromatic carbocycles. The van der Waals surface area contributed by atoms with Gasteiger partial charge in [0.05, 0.1) is 0 Å². The number of aryl methyl sites for hydroxylation is 1. The van der Waals surface area contributed by atoms with Gasteiger partial charge in [-0.2, -0.15) is 0 Å². The largest absolute Gasteiger partial charge is 0.486 e. The van der Waals surface area contributed by atoms with Crippen molar-refractivity contribution in [3.05, 3.63) is 53.6 Å². The van der Waals surface area contributed by atoms with Crippen LogP contribution in [0, 0.1) is 0 Å². The maximum Gasteiger partial charge on any atom is 0.326 e. The molecule has 2 N–H and O–H groups in total. The Morgan fingerprint density at radius 1 is 1.04 bits per heavy atom. The van der Waals surface area contributed by atoms with Crippen LogP contribution in [-0.2, 0) is 6.42 Å². The number of anilines is 1. The van der Waals surface area contributed by atoms with E-state index in [2.05, 4.69) is 10.6 Å². The van der Waals surface area contributed by atoms with Gasteiger partial charge >= 0.3 is 6.03 Å². The fourth-order valence-electron chi connectivity index (χ4n) is 2.39. The Kier molecular flexibility index (Phi) is 4.65. The van der Waals surface area contributed by atoms with Crippen LogP contribution in [0.5, 0.6) is 11.5 Å². The third-order valence-electron chi connectivity index (χ3n) is 3.62. The number of ether oxygens (including phenoxy) is 2. The van der Waals surface area contributed by atoms with E-state index in [0.717, 1.165) is 12.0 Å². The highest BCUT2D eigenvalue weighted by atomic mass is 16.6. The number of amides is 3. The van der Waals surface area contributed by atoms with Gasteiger partial charge in [0.1, 0.15) is 13.2 Å². The molecule has 0 spiro atoms. The molecule has 124 valence electrons. The molecular formula is C18H18N2O4. The molecule has 0 bridgehead atoms. The second-order valence-corrected chi connectivity index (χ2v) is 5.32. The third-order valence-corrected chi connectivity index (χ3v) is 3.62. The first kappa shape index (κ1) is 15.9. The van der Waals surface area contributed by atoms with Crippen LogP contribution in [0.4, 0.5) is 10.5 Å². The van der Waals surface area contributed by atoms with E-state index >= 15 is 0 Å². The van der Waals surface area contributed by atoms with Crippen LogP contribution in [0.25, 0.3) is 0 Å². The van der Waals surface area contributed by atoms with Crippen LogP contribution in [-0.4, -0.2) is 25.2 Å². The Labute approximate surface area is 139 Å². The predicted molar refractivity (Wildman–Crippen MR) is 89.7 cm³/mol. The van der Waals surface area contributed by atoms with Crippen molar-refractivity contribution in [2.24, 2.45) is 0 Å². The van der Waals surface area contributed by atoms with Gasteiger partial charge in [-0.15, -0.1) is 0 Å². The number of rotatable bonds is 3. The lowest BCUT2D eigenvalue weighted by Crippen LogP contribution is -2.34. The van der Waals surface area contributed by atoms with Gasteiger partial charge in [-0.1, -0.05) is 19.1 Å². The van der Waals surface area contributed by atoms with Crippen molar-refractivity contribution in [3.8, 4) is 11.5 Å². The Morgan fingerprint density at radius 3 is 2.62 bits per heavy atom. The van der Waals surface area contributed by atoms with E-state index in [1.807, 2.05) is 25.1 Å². The summed E-state index contributed by atoms with van der Waals surface area (Å²) >= 11 is 0. The van der Waals surface area contributed by atoms with Gasteiger partial charge < -0.3 is 14.8 Å². The highest BCUT2D eigenvalue weighted by Crippen LogP contribution is 2.30. The van der Waals surface area contributed by atoms with Crippen LogP contribution in [0.2, 0.25) is 0 Å². The highest BCUT2D eigenvalue weighted by Gasteiger charge is 2.16. The molecule has 0 radical (unpaired) electrons. The Bertz CT molecular complexity index is 773. The minimum Gasteiger partial charge on any atom is -0.486 e. The number of benzene rings is 2. The molecule has 2 aromatic rings. The normalized spacial score (nSPS) is 12.4. The summed E-state index contributed by atoms with van der Waals surface area (Å²) in [5.74, 6) is 0.597. The summed E-state index contributed by atoms with van der Waals surface area (Å²) in [6.45, 7) is 2.95. The fraction of sp³-hybridized carbons (Fsp3) is 0.222. The van der Waals surface area contributed by atoms with Crippen molar-refractivity contribution >= 4 is 17.6 Å². The summed E-state index contributed by atoms with van der Waals surface area (Å²) in [6.07, 6.45) is 0.868. The van der Waals surface area contributed by atoms with Gasteiger partial charge in [-0.05, 0) is 42.3 Å². The lowest BCUT2D eigenvalue weighted by molar-refractivity contribution is 0.0966. The summed E-state index contributed by atoms with van der Waals surface area (Å²) in [5, 5.41) is 4.96. The van der Waals surface area contributed by atoms with E-state index in [0.29, 0.717) is 36.0 Å². The number of hydrogen-bond acceptors (Lipinski definition) is 4. The number of carbonyl (C=O) groups excluding carboxylic acids is 2. The zero-order valence-electron chi connectivity index (χ0n) is 13.3. The predicted octanol–water partition coefficient (Wildman–Crippen LogP) is 2.98. The minimum absolute atomic E-state index is 0.330. The number of imide groups is 1. The van der Waals surface area contributed by atoms with Crippen molar-refractivity contribution < 1.29 is 19.1 Å². The maximum atomic E-state index is 12.2. The van der Waals surface area contributed by atoms with Gasteiger partial charge in [0.2, 0.25) is 0 Å². The van der Waals surface area contributed by atoms with E-state index in [-0.39, 0.29) is 0 Å². The van der Waals surface area contributed by atoms with Crippen molar-refractivity contribution in [2.45, 2.75) is 13.3 Å². The van der Waals surface area contributed by atoms with Crippen molar-refractivity contribution in [2.75, 3.05) is 18.5 Å². The van der Waals surface area contributed by atoms with Gasteiger partial charge in [0, 0.05) is 11.3 Å². The molecule has 1 aliphatic rings. The third kappa shape index (κ3) is 3.65. The second-order valence-electron chi connectivity index (χ2n) is 5.32. The average molecular weight is 326 g/mol. The van der Waals surface area contributed by atoms with E-state index < -0.39 is 11.9 Å². The Morgan fingerprint density at radius 2 is 1.83 bits per heavy atom. The monoisotopic (exact) mass is 326 g/mol. The molecule has 0 unspecified atom stereocenters. The standard InChI is InChI=1S/C18H18N2O4/c1-2-12-4-3-5-14(10-12)19-18(22)20-17(21)13-6-7-15-16(11-13)24-9-8-23-15/h3-7,10-11H,2,8-9H2,1H3,(H2,19,20,21,22). The van der Waals surface area contributed by atoms with E-state index in [1.165, 1.54) is 0 Å². The first-order chi connectivity index (χ1) is 11.7. The summed E-state index contributed by atoms with van der Waals surface area (Å²) in [5.41, 5.74) is 2.07. The molecular weight excluding hydrogens is 308 g/mol. The number of carbonyl (C=O) groups is 2. The quantitative estimate of drug-likeness (QED) is 0.909. The first-order valence-electron chi connectivity index (χ1n) is 7.76. The van der Waals surface area contributed by atoms with Crippen LogP contribution >= 0.6 is 0 Å². The average Bonchev–Trinajstić information content (AvgIpc) is 2.61. The van der Waals surface area contributed by atoms with Crippen LogP contribution in [0.3, 0.4) is 0 Å². The lowest BCUT2D eigenvalue weighted by atomic mass is 10.1. The van der Waals surface area contributed by atoms with E-state index in [9.17, 15) is 9.59 Å². The molecule has 1 aliphatic heterocycles. The van der Waals surface area contributed by atoms with Gasteiger partial charge in [0.25, 0.3) is 5.91 Å². The van der Waals surface area contributed by atoms with Crippen LogP contribution in [0.1, 0.15) is 22.8 Å². The summed E-state index contributed by atoms with van der Waals surface area (Å²) in [4.78, 5) is 24.2. The Hall–Kier alpha value is -3.02. The van der Waals surface area contributed by atoms with E-state index in [1.54, 1.807) is 24.3 Å². The molecule has 6 heteroatoms. The van der Waals surface area contributed by atoms with Crippen LogP contribution in [0.15, 0.2) is 42.5 Å². The Balaban J connectivity index is 1.64. The zero-order chi connectivity index (χ0) is 16.9. The number of urea groups is 1. The van der Waals surface area contributed by atoms with Crippen molar-refractivity contribution in [1.29, 1.82) is 0 Å². The fourth-order valence-corrected chi connectivity index (χ4v) is 2.39. The molecule has 0 fully saturated rings. The van der Waals surface area contributed by atoms with Gasteiger partial charge in [-0.25, -0.2) is 4.79 Å². The van der Waals surface area contributed by atoms with Crippen molar-refractivity contribution in [1.82, 2.24) is 5.32 Å². The maximum absolute atomic E-state index is 12.2. The lowest BCUT2D eigenvalue weighted by Gasteiger charge is -2.18. The summed E-state index contributed by atoms with van der Waals surface area (Å²) < 4.78 is 10.8. The molecule has 0 saturated heterocycles. The topological polar surface area (TPSA) is 76.7 Å². The van der Waals surface area contributed by atoms with Crippen LogP contribution < -0.4 is 20.1 Å². The van der Waals surface area contributed by atoms with Gasteiger partial charge in [-0.3, -0.25) is 10.1 Å². The van der Waals surface area contributed by atoms with Crippen molar-refractivity contribution in [3.63, 3.8) is 0 Å². The number of hydrogen-bond donors (Lipinski definition) is 2. The smallest absolute Gasteiger partial charge is 0.326 e. The van der Waals surface area contributed by atoms with E-state index in [4.69, 9.17) is 9.47 Å². The van der Waals surface area contributed by atoms with Gasteiger partial charge in [0.15, 0.2) is 11.5 Å². The molecule has 3 amide bonds. The molecule has 0 atom stereocenters. The summed E-state index contributed by atoms with van der Waals surface area (Å²) in [6, 6.07) is 11.7. The molecule has 1 heterocycles. The highest BCUT2D eigenvalue weighted by molar-refractivity contribution is 6.08.